The molecule has 0 aromatic rings. The predicted octanol–water partition coefficient (Wildman–Crippen LogP) is -0.227. The zero-order valence-corrected chi connectivity index (χ0v) is 9.31. The van der Waals surface area contributed by atoms with Crippen LogP contribution in [0.25, 0.3) is 0 Å². The number of hydrogen-bond acceptors (Lipinski definition) is 6. The van der Waals surface area contributed by atoms with Gasteiger partial charge in [-0.25, -0.2) is 4.79 Å². The van der Waals surface area contributed by atoms with E-state index in [2.05, 4.69) is 9.47 Å². The first-order valence-electron chi connectivity index (χ1n) is 4.23. The van der Waals surface area contributed by atoms with Crippen molar-refractivity contribution in [1.82, 2.24) is 0 Å². The van der Waals surface area contributed by atoms with Gasteiger partial charge in [0.15, 0.2) is 12.4 Å². The number of carbonyl (C=O) groups excluding carboxylic acids is 3. The van der Waals surface area contributed by atoms with Crippen molar-refractivity contribution in [3.8, 4) is 0 Å². The van der Waals surface area contributed by atoms with Gasteiger partial charge in [0, 0.05) is 13.8 Å². The molecular formula is C9H14O7. The smallest absolute Gasteiger partial charge is 0.341 e. The third-order valence-corrected chi connectivity index (χ3v) is 0.878. The highest BCUT2D eigenvalue weighted by Crippen LogP contribution is 1.75. The van der Waals surface area contributed by atoms with Gasteiger partial charge in [0.25, 0.3) is 0 Å². The average molecular weight is 234 g/mol. The number of ether oxygens (including phenoxy) is 2. The van der Waals surface area contributed by atoms with Crippen molar-refractivity contribution in [3.63, 3.8) is 0 Å². The second-order valence-corrected chi connectivity index (χ2v) is 2.66. The molecule has 0 aliphatic rings. The summed E-state index contributed by atoms with van der Waals surface area (Å²) in [5.41, 5.74) is 0. The maximum absolute atomic E-state index is 10.1. The SMILES string of the molecule is CC(=O)COC(C)=O.CC(=O)OCC(=O)O. The lowest BCUT2D eigenvalue weighted by atomic mass is 10.5. The normalized spacial score (nSPS) is 8.19. The lowest BCUT2D eigenvalue weighted by molar-refractivity contribution is -0.153. The lowest BCUT2D eigenvalue weighted by Crippen LogP contribution is -2.09. The van der Waals surface area contributed by atoms with E-state index in [1.54, 1.807) is 0 Å². The molecule has 0 heterocycles. The molecule has 0 aliphatic carbocycles. The Morgan fingerprint density at radius 2 is 1.25 bits per heavy atom. The highest BCUT2D eigenvalue weighted by Gasteiger charge is 1.97. The minimum Gasteiger partial charge on any atom is -0.479 e. The average Bonchev–Trinajstić information content (AvgIpc) is 2.12. The summed E-state index contributed by atoms with van der Waals surface area (Å²) in [6.07, 6.45) is 0. The Balaban J connectivity index is 0. The molecule has 7 nitrogen and oxygen atoms in total. The number of rotatable bonds is 4. The van der Waals surface area contributed by atoms with Gasteiger partial charge < -0.3 is 14.6 Å². The predicted molar refractivity (Wildman–Crippen MR) is 51.6 cm³/mol. The molecule has 0 amide bonds. The van der Waals surface area contributed by atoms with Crippen LogP contribution in [0.3, 0.4) is 0 Å². The first-order chi connectivity index (χ1) is 7.25. The minimum atomic E-state index is -1.14. The minimum absolute atomic E-state index is 0.102. The maximum atomic E-state index is 10.1. The molecule has 16 heavy (non-hydrogen) atoms. The van der Waals surface area contributed by atoms with E-state index in [0.717, 1.165) is 6.92 Å². The topological polar surface area (TPSA) is 107 Å². The molecule has 0 unspecified atom stereocenters. The number of ketones is 1. The van der Waals surface area contributed by atoms with Crippen molar-refractivity contribution in [2.75, 3.05) is 13.2 Å². The van der Waals surface area contributed by atoms with Crippen LogP contribution in [0.2, 0.25) is 0 Å². The van der Waals surface area contributed by atoms with E-state index in [1.165, 1.54) is 13.8 Å². The molecule has 1 N–H and O–H groups in total. The summed E-state index contributed by atoms with van der Waals surface area (Å²) in [7, 11) is 0. The van der Waals surface area contributed by atoms with Crippen LogP contribution in [0.5, 0.6) is 0 Å². The zero-order valence-electron chi connectivity index (χ0n) is 9.31. The monoisotopic (exact) mass is 234 g/mol. The van der Waals surface area contributed by atoms with Gasteiger partial charge in [-0.1, -0.05) is 0 Å². The molecule has 0 fully saturated rings. The van der Waals surface area contributed by atoms with Crippen molar-refractivity contribution in [2.24, 2.45) is 0 Å². The Bertz CT molecular complexity index is 213. The fourth-order valence-corrected chi connectivity index (χ4v) is 0.367. The second kappa shape index (κ2) is 9.63. The van der Waals surface area contributed by atoms with Crippen molar-refractivity contribution >= 4 is 23.7 Å². The van der Waals surface area contributed by atoms with E-state index in [4.69, 9.17) is 5.11 Å². The number of carboxylic acids is 1. The molecule has 0 aliphatic heterocycles. The largest absolute Gasteiger partial charge is 0.479 e. The molecule has 0 aromatic heterocycles. The Morgan fingerprint density at radius 1 is 0.875 bits per heavy atom. The highest BCUT2D eigenvalue weighted by molar-refractivity contribution is 5.79. The number of esters is 2. The molecule has 0 bridgehead atoms. The summed E-state index contributed by atoms with van der Waals surface area (Å²) >= 11 is 0. The van der Waals surface area contributed by atoms with Gasteiger partial charge in [-0.2, -0.15) is 0 Å². The van der Waals surface area contributed by atoms with Crippen LogP contribution < -0.4 is 0 Å². The third-order valence-electron chi connectivity index (χ3n) is 0.878. The van der Waals surface area contributed by atoms with Gasteiger partial charge in [0.1, 0.15) is 6.61 Å². The van der Waals surface area contributed by atoms with Crippen LogP contribution in [0.15, 0.2) is 0 Å². The quantitative estimate of drug-likeness (QED) is 0.669. The van der Waals surface area contributed by atoms with Gasteiger partial charge in [-0.3, -0.25) is 14.4 Å². The summed E-state index contributed by atoms with van der Waals surface area (Å²) in [6, 6.07) is 0. The highest BCUT2D eigenvalue weighted by atomic mass is 16.5. The molecule has 7 heteroatoms. The molecular weight excluding hydrogens is 220 g/mol. The third kappa shape index (κ3) is 22.7. The van der Waals surface area contributed by atoms with Crippen LogP contribution in [0, 0.1) is 0 Å². The van der Waals surface area contributed by atoms with Crippen LogP contribution in [0.1, 0.15) is 20.8 Å². The Kier molecular flexibility index (Phi) is 9.93. The molecule has 0 saturated carbocycles. The van der Waals surface area contributed by atoms with Crippen molar-refractivity contribution in [1.29, 1.82) is 0 Å². The van der Waals surface area contributed by atoms with Crippen molar-refractivity contribution in [3.05, 3.63) is 0 Å². The van der Waals surface area contributed by atoms with Crippen LogP contribution in [-0.4, -0.2) is 42.0 Å². The van der Waals surface area contributed by atoms with E-state index in [1.807, 2.05) is 0 Å². The summed E-state index contributed by atoms with van der Waals surface area (Å²) in [6.45, 7) is 3.14. The van der Waals surface area contributed by atoms with Gasteiger partial charge in [-0.05, 0) is 6.92 Å². The Hall–Kier alpha value is -1.92. The zero-order chi connectivity index (χ0) is 13.1. The van der Waals surface area contributed by atoms with Crippen molar-refractivity contribution < 1.29 is 33.8 Å². The molecule has 0 rings (SSSR count). The molecule has 0 spiro atoms. The Morgan fingerprint density at radius 3 is 1.38 bits per heavy atom. The first-order valence-corrected chi connectivity index (χ1v) is 4.23. The van der Waals surface area contributed by atoms with E-state index >= 15 is 0 Å². The van der Waals surface area contributed by atoms with Gasteiger partial charge in [0.2, 0.25) is 0 Å². The summed E-state index contributed by atoms with van der Waals surface area (Å²) in [4.78, 5) is 39.5. The van der Waals surface area contributed by atoms with Gasteiger partial charge in [-0.15, -0.1) is 0 Å². The molecule has 92 valence electrons. The molecule has 0 aromatic carbocycles. The van der Waals surface area contributed by atoms with Crippen LogP contribution >= 0.6 is 0 Å². The first kappa shape index (κ1) is 16.5. The van der Waals surface area contributed by atoms with E-state index in [0.29, 0.717) is 0 Å². The van der Waals surface area contributed by atoms with Gasteiger partial charge in [0.05, 0.1) is 0 Å². The fraction of sp³-hybridized carbons (Fsp3) is 0.556. The van der Waals surface area contributed by atoms with Crippen molar-refractivity contribution in [2.45, 2.75) is 20.8 Å². The summed E-state index contributed by atoms with van der Waals surface area (Å²) < 4.78 is 8.38. The molecule has 0 radical (unpaired) electrons. The maximum Gasteiger partial charge on any atom is 0.341 e. The van der Waals surface area contributed by atoms with Crippen LogP contribution in [0.4, 0.5) is 0 Å². The number of aliphatic carboxylic acids is 1. The number of carboxylic acid groups (broad SMARTS) is 1. The molecule has 0 saturated heterocycles. The number of carbonyl (C=O) groups is 4. The van der Waals surface area contributed by atoms with E-state index < -0.39 is 24.5 Å². The van der Waals surface area contributed by atoms with E-state index in [-0.39, 0.29) is 12.4 Å². The lowest BCUT2D eigenvalue weighted by Gasteiger charge is -1.93. The molecule has 0 atom stereocenters. The summed E-state index contributed by atoms with van der Waals surface area (Å²) in [5.74, 6) is -2.27. The summed E-state index contributed by atoms with van der Waals surface area (Å²) in [5, 5.41) is 7.89. The number of Topliss-reactive ketones (excluding diaryl/α,β-unsaturated/α-hetero) is 1. The fourth-order valence-electron chi connectivity index (χ4n) is 0.367. The Labute approximate surface area is 92.3 Å². The van der Waals surface area contributed by atoms with E-state index in [9.17, 15) is 19.2 Å². The van der Waals surface area contributed by atoms with Crippen LogP contribution in [-0.2, 0) is 28.7 Å². The standard InChI is InChI=1S/C5H8O3.C4H6O4/c1-4(6)3-8-5(2)7;1-3(5)8-2-4(6)7/h3H2,1-2H3;2H2,1H3,(H,6,7). The number of hydrogen-bond donors (Lipinski definition) is 1. The van der Waals surface area contributed by atoms with Gasteiger partial charge >= 0.3 is 17.9 Å². The second-order valence-electron chi connectivity index (χ2n) is 2.66.